The molecule has 2 aliphatic heterocycles. The predicted octanol–water partition coefficient (Wildman–Crippen LogP) is 1.50. The summed E-state index contributed by atoms with van der Waals surface area (Å²) in [4.78, 5) is 2.71. The molecule has 144 valence electrons. The third-order valence-corrected chi connectivity index (χ3v) is 7.26. The second-order valence-corrected chi connectivity index (χ2v) is 9.00. The van der Waals surface area contributed by atoms with Gasteiger partial charge in [-0.1, -0.05) is 0 Å². The Labute approximate surface area is 160 Å². The molecule has 4 heterocycles. The molecule has 4 aliphatic rings. The zero-order valence-electron chi connectivity index (χ0n) is 15.9. The first kappa shape index (κ1) is 16.2. The maximum atomic E-state index is 4.67. The van der Waals surface area contributed by atoms with Gasteiger partial charge in [0.2, 0.25) is 0 Å². The van der Waals surface area contributed by atoms with Crippen LogP contribution in [0.25, 0.3) is 0 Å². The summed E-state index contributed by atoms with van der Waals surface area (Å²) < 4.78 is 4.41. The Morgan fingerprint density at radius 1 is 1.04 bits per heavy atom. The quantitative estimate of drug-likeness (QED) is 0.838. The summed E-state index contributed by atoms with van der Waals surface area (Å²) in [6, 6.07) is 2.59. The highest BCUT2D eigenvalue weighted by Gasteiger charge is 2.53. The molecule has 2 aromatic heterocycles. The predicted molar refractivity (Wildman–Crippen MR) is 101 cm³/mol. The van der Waals surface area contributed by atoms with E-state index in [0.29, 0.717) is 12.0 Å². The average Bonchev–Trinajstić information content (AvgIpc) is 3.39. The number of piperidine rings is 2. The van der Waals surface area contributed by atoms with Crippen molar-refractivity contribution in [1.82, 2.24) is 34.8 Å². The summed E-state index contributed by atoms with van der Waals surface area (Å²) in [5.41, 5.74) is 0. The lowest BCUT2D eigenvalue weighted by atomic mass is 9.95. The van der Waals surface area contributed by atoms with E-state index >= 15 is 0 Å². The maximum absolute atomic E-state index is 4.67. The van der Waals surface area contributed by atoms with Gasteiger partial charge in [0.1, 0.15) is 12.4 Å². The van der Waals surface area contributed by atoms with Crippen molar-refractivity contribution in [2.45, 2.75) is 44.2 Å². The third-order valence-electron chi connectivity index (χ3n) is 7.26. The summed E-state index contributed by atoms with van der Waals surface area (Å²) >= 11 is 0. The molecule has 6 rings (SSSR count). The highest BCUT2D eigenvalue weighted by atomic mass is 15.3. The molecule has 4 fully saturated rings. The van der Waals surface area contributed by atoms with Gasteiger partial charge in [0.25, 0.3) is 0 Å². The van der Waals surface area contributed by atoms with Gasteiger partial charge in [0, 0.05) is 30.9 Å². The van der Waals surface area contributed by atoms with Crippen LogP contribution in [0.3, 0.4) is 0 Å². The van der Waals surface area contributed by atoms with E-state index in [1.165, 1.54) is 64.2 Å². The van der Waals surface area contributed by atoms with Crippen LogP contribution < -0.4 is 5.32 Å². The molecule has 7 nitrogen and oxygen atoms in total. The average molecular weight is 368 g/mol. The normalized spacial score (nSPS) is 31.3. The van der Waals surface area contributed by atoms with Crippen molar-refractivity contribution in [2.24, 2.45) is 17.8 Å². The molecule has 0 radical (unpaired) electrons. The molecule has 0 aromatic carbocycles. The summed E-state index contributed by atoms with van der Waals surface area (Å²) in [5, 5.41) is 17.1. The van der Waals surface area contributed by atoms with Crippen molar-refractivity contribution < 1.29 is 0 Å². The van der Waals surface area contributed by atoms with E-state index in [0.717, 1.165) is 30.1 Å². The second-order valence-electron chi connectivity index (χ2n) is 9.00. The molecule has 7 heteroatoms. The van der Waals surface area contributed by atoms with E-state index < -0.39 is 0 Å². The van der Waals surface area contributed by atoms with E-state index in [-0.39, 0.29) is 0 Å². The van der Waals surface area contributed by atoms with Gasteiger partial charge in [0.15, 0.2) is 5.82 Å². The number of nitrogens with zero attached hydrogens (tertiary/aromatic N) is 6. The number of likely N-dealkylation sites (tertiary alicyclic amines) is 1. The van der Waals surface area contributed by atoms with Crippen LogP contribution in [0.4, 0.5) is 0 Å². The molecular weight excluding hydrogens is 338 g/mol. The Morgan fingerprint density at radius 2 is 1.85 bits per heavy atom. The first-order chi connectivity index (χ1) is 13.4. The first-order valence-corrected chi connectivity index (χ1v) is 10.7. The molecule has 2 saturated carbocycles. The lowest BCUT2D eigenvalue weighted by Gasteiger charge is -2.32. The van der Waals surface area contributed by atoms with Crippen molar-refractivity contribution in [2.75, 3.05) is 32.7 Å². The summed E-state index contributed by atoms with van der Waals surface area (Å²) in [6.45, 7) is 7.02. The Hall–Kier alpha value is -1.73. The minimum Gasteiger partial charge on any atom is -0.316 e. The van der Waals surface area contributed by atoms with Crippen molar-refractivity contribution in [3.05, 3.63) is 30.1 Å². The van der Waals surface area contributed by atoms with Crippen LogP contribution in [0.5, 0.6) is 0 Å². The summed E-state index contributed by atoms with van der Waals surface area (Å²) in [6.07, 6.45) is 8.84. The van der Waals surface area contributed by atoms with Crippen molar-refractivity contribution >= 4 is 0 Å². The van der Waals surface area contributed by atoms with Gasteiger partial charge in [-0.3, -0.25) is 4.68 Å². The van der Waals surface area contributed by atoms with E-state index in [9.17, 15) is 0 Å². The number of aromatic nitrogens is 5. The number of rotatable bonds is 6. The van der Waals surface area contributed by atoms with Gasteiger partial charge >= 0.3 is 0 Å². The monoisotopic (exact) mass is 367 g/mol. The van der Waals surface area contributed by atoms with Crippen LogP contribution in [-0.4, -0.2) is 62.2 Å². The van der Waals surface area contributed by atoms with Crippen molar-refractivity contribution in [3.63, 3.8) is 0 Å². The topological polar surface area (TPSA) is 63.8 Å². The highest BCUT2D eigenvalue weighted by molar-refractivity contribution is 5.10. The number of nitrogens with one attached hydrogen (secondary N) is 1. The molecular formula is C20H29N7. The van der Waals surface area contributed by atoms with Crippen LogP contribution in [-0.2, 0) is 6.54 Å². The van der Waals surface area contributed by atoms with Crippen LogP contribution in [0, 0.1) is 17.8 Å². The SMILES string of the molecule is c1cnn(Cc2nnc(C3CCN(CC4[C@H]5CNC[C@@H]45)CC3)n2C2CC2)c1. The van der Waals surface area contributed by atoms with Crippen LogP contribution in [0.2, 0.25) is 0 Å². The summed E-state index contributed by atoms with van der Waals surface area (Å²) in [5.74, 6) is 5.82. The molecule has 1 unspecified atom stereocenters. The van der Waals surface area contributed by atoms with Crippen LogP contribution in [0.1, 0.15) is 49.3 Å². The molecule has 2 saturated heterocycles. The number of fused-ring (bicyclic) bond motifs is 1. The third kappa shape index (κ3) is 3.01. The maximum Gasteiger partial charge on any atom is 0.155 e. The second kappa shape index (κ2) is 6.41. The van der Waals surface area contributed by atoms with Gasteiger partial charge < -0.3 is 14.8 Å². The Morgan fingerprint density at radius 3 is 2.56 bits per heavy atom. The van der Waals surface area contributed by atoms with Crippen molar-refractivity contribution in [3.8, 4) is 0 Å². The minimum atomic E-state index is 0.570. The molecule has 0 bridgehead atoms. The zero-order valence-corrected chi connectivity index (χ0v) is 15.9. The van der Waals surface area contributed by atoms with Crippen LogP contribution >= 0.6 is 0 Å². The zero-order chi connectivity index (χ0) is 17.8. The van der Waals surface area contributed by atoms with E-state index in [2.05, 4.69) is 30.1 Å². The standard InChI is InChI=1S/C20H29N7/c1-6-22-26(7-1)13-19-23-24-20(27(19)15-2-3-15)14-4-8-25(9-5-14)12-18-16-10-21-11-17(16)18/h1,6-7,14-18,21H,2-5,8-13H2/t16-,17+,18?. The van der Waals surface area contributed by atoms with E-state index in [4.69, 9.17) is 0 Å². The van der Waals surface area contributed by atoms with Gasteiger partial charge in [-0.05, 0) is 75.7 Å². The van der Waals surface area contributed by atoms with Crippen LogP contribution in [0.15, 0.2) is 18.5 Å². The largest absolute Gasteiger partial charge is 0.316 e. The van der Waals surface area contributed by atoms with Gasteiger partial charge in [-0.2, -0.15) is 5.10 Å². The fourth-order valence-corrected chi connectivity index (χ4v) is 5.48. The minimum absolute atomic E-state index is 0.570. The lowest BCUT2D eigenvalue weighted by Crippen LogP contribution is -2.36. The smallest absolute Gasteiger partial charge is 0.155 e. The first-order valence-electron chi connectivity index (χ1n) is 10.7. The lowest BCUT2D eigenvalue weighted by molar-refractivity contribution is 0.193. The fraction of sp³-hybridized carbons (Fsp3) is 0.750. The molecule has 2 aromatic rings. The molecule has 0 amide bonds. The molecule has 2 aliphatic carbocycles. The Bertz CT molecular complexity index is 775. The number of hydrogen-bond donors (Lipinski definition) is 1. The fourth-order valence-electron chi connectivity index (χ4n) is 5.48. The molecule has 3 atom stereocenters. The molecule has 1 N–H and O–H groups in total. The van der Waals surface area contributed by atoms with Gasteiger partial charge in [-0.15, -0.1) is 10.2 Å². The molecule has 27 heavy (non-hydrogen) atoms. The number of hydrogen-bond acceptors (Lipinski definition) is 5. The Balaban J connectivity index is 1.12. The highest BCUT2D eigenvalue weighted by Crippen LogP contribution is 2.49. The van der Waals surface area contributed by atoms with E-state index in [1.54, 1.807) is 0 Å². The van der Waals surface area contributed by atoms with E-state index in [1.807, 2.05) is 23.1 Å². The van der Waals surface area contributed by atoms with Gasteiger partial charge in [-0.25, -0.2) is 0 Å². The molecule has 0 spiro atoms. The van der Waals surface area contributed by atoms with Gasteiger partial charge in [0.05, 0.1) is 0 Å². The summed E-state index contributed by atoms with van der Waals surface area (Å²) in [7, 11) is 0. The Kier molecular flexibility index (Phi) is 3.86. The van der Waals surface area contributed by atoms with Crippen molar-refractivity contribution in [1.29, 1.82) is 0 Å².